The van der Waals surface area contributed by atoms with Crippen LogP contribution in [0, 0.1) is 23.2 Å². The average molecular weight is 264 g/mol. The fourth-order valence-corrected chi connectivity index (χ4v) is 4.84. The Kier molecular flexibility index (Phi) is 3.59. The van der Waals surface area contributed by atoms with Crippen LogP contribution in [0.15, 0.2) is 0 Å². The van der Waals surface area contributed by atoms with Crippen LogP contribution in [0.3, 0.4) is 0 Å². The molecule has 3 heteroatoms. The zero-order valence-corrected chi connectivity index (χ0v) is 12.2. The first-order valence-electron chi connectivity index (χ1n) is 8.18. The summed E-state index contributed by atoms with van der Waals surface area (Å²) in [6.45, 7) is 3.13. The Morgan fingerprint density at radius 3 is 2.58 bits per heavy atom. The highest BCUT2D eigenvalue weighted by atomic mass is 16.1. The Bertz CT molecular complexity index is 349. The van der Waals surface area contributed by atoms with Gasteiger partial charge in [-0.2, -0.15) is 0 Å². The van der Waals surface area contributed by atoms with Gasteiger partial charge in [0, 0.05) is 12.6 Å². The second-order valence-electron chi connectivity index (χ2n) is 7.26. The van der Waals surface area contributed by atoms with Crippen LogP contribution in [-0.4, -0.2) is 18.5 Å². The summed E-state index contributed by atoms with van der Waals surface area (Å²) < 4.78 is 0. The van der Waals surface area contributed by atoms with E-state index in [1.807, 2.05) is 0 Å². The third-order valence-corrected chi connectivity index (χ3v) is 6.12. The second-order valence-corrected chi connectivity index (χ2v) is 7.26. The molecule has 3 aliphatic rings. The number of carbonyl (C=O) groups excluding carboxylic acids is 1. The van der Waals surface area contributed by atoms with Crippen molar-refractivity contribution in [1.29, 1.82) is 0 Å². The summed E-state index contributed by atoms with van der Waals surface area (Å²) in [5.74, 6) is 1.55. The summed E-state index contributed by atoms with van der Waals surface area (Å²) in [5.41, 5.74) is 6.67. The van der Waals surface area contributed by atoms with Gasteiger partial charge in [-0.3, -0.25) is 4.79 Å². The highest BCUT2D eigenvalue weighted by Crippen LogP contribution is 2.48. The number of nitrogens with one attached hydrogen (secondary N) is 1. The standard InChI is InChI=1S/C16H28N2O/c1-2-6-16(7-3-8-16)10-18-15(19)13-11-4-5-12(9-11)14(13)17/h11-14H,2-10,17H2,1H3,(H,18,19). The van der Waals surface area contributed by atoms with Gasteiger partial charge in [-0.15, -0.1) is 0 Å². The van der Waals surface area contributed by atoms with E-state index in [2.05, 4.69) is 12.2 Å². The average Bonchev–Trinajstić information content (AvgIpc) is 2.92. The van der Waals surface area contributed by atoms with Gasteiger partial charge >= 0.3 is 0 Å². The second kappa shape index (κ2) is 5.08. The van der Waals surface area contributed by atoms with Gasteiger partial charge in [0.1, 0.15) is 0 Å². The fourth-order valence-electron chi connectivity index (χ4n) is 4.84. The van der Waals surface area contributed by atoms with Crippen molar-refractivity contribution < 1.29 is 4.79 Å². The summed E-state index contributed by atoms with van der Waals surface area (Å²) in [4.78, 5) is 12.4. The molecule has 0 heterocycles. The number of hydrogen-bond donors (Lipinski definition) is 2. The van der Waals surface area contributed by atoms with E-state index in [1.165, 1.54) is 51.4 Å². The van der Waals surface area contributed by atoms with Crippen LogP contribution in [0.1, 0.15) is 58.3 Å². The van der Waals surface area contributed by atoms with Crippen LogP contribution in [-0.2, 0) is 4.79 Å². The van der Waals surface area contributed by atoms with Gasteiger partial charge in [0.15, 0.2) is 0 Å². The number of amides is 1. The molecule has 3 aliphatic carbocycles. The first-order chi connectivity index (χ1) is 9.15. The molecular weight excluding hydrogens is 236 g/mol. The van der Waals surface area contributed by atoms with Gasteiger partial charge in [-0.05, 0) is 55.8 Å². The van der Waals surface area contributed by atoms with Crippen LogP contribution >= 0.6 is 0 Å². The molecule has 108 valence electrons. The Morgan fingerprint density at radius 2 is 2.05 bits per heavy atom. The number of carbonyl (C=O) groups is 1. The SMILES string of the molecule is CCCC1(CNC(=O)C2C3CCC(C3)C2N)CCC1. The minimum absolute atomic E-state index is 0.109. The van der Waals surface area contributed by atoms with Crippen molar-refractivity contribution in [2.75, 3.05) is 6.54 Å². The molecule has 0 spiro atoms. The first-order valence-corrected chi connectivity index (χ1v) is 8.18. The van der Waals surface area contributed by atoms with Gasteiger partial charge in [-0.1, -0.05) is 19.8 Å². The number of rotatable bonds is 5. The molecule has 3 nitrogen and oxygen atoms in total. The monoisotopic (exact) mass is 264 g/mol. The van der Waals surface area contributed by atoms with Gasteiger partial charge in [0.05, 0.1) is 5.92 Å². The lowest BCUT2D eigenvalue weighted by Crippen LogP contribution is -2.49. The third-order valence-electron chi connectivity index (χ3n) is 6.12. The largest absolute Gasteiger partial charge is 0.355 e. The van der Waals surface area contributed by atoms with E-state index in [0.717, 1.165) is 6.54 Å². The maximum atomic E-state index is 12.4. The number of nitrogens with two attached hydrogens (primary N) is 1. The quantitative estimate of drug-likeness (QED) is 0.801. The minimum atomic E-state index is 0.109. The smallest absolute Gasteiger partial charge is 0.224 e. The van der Waals surface area contributed by atoms with Crippen LogP contribution < -0.4 is 11.1 Å². The molecule has 3 N–H and O–H groups in total. The molecule has 0 aromatic heterocycles. The van der Waals surface area contributed by atoms with Crippen molar-refractivity contribution in [2.45, 2.75) is 64.3 Å². The van der Waals surface area contributed by atoms with Crippen molar-refractivity contribution in [3.63, 3.8) is 0 Å². The molecule has 0 aliphatic heterocycles. The van der Waals surface area contributed by atoms with Crippen molar-refractivity contribution in [1.82, 2.24) is 5.32 Å². The first kappa shape index (κ1) is 13.4. The van der Waals surface area contributed by atoms with E-state index in [9.17, 15) is 4.79 Å². The van der Waals surface area contributed by atoms with Crippen LogP contribution in [0.2, 0.25) is 0 Å². The highest BCUT2D eigenvalue weighted by Gasteiger charge is 2.49. The molecule has 1 amide bonds. The molecule has 4 unspecified atom stereocenters. The van der Waals surface area contributed by atoms with E-state index in [1.54, 1.807) is 0 Å². The normalized spacial score (nSPS) is 39.1. The lowest BCUT2D eigenvalue weighted by molar-refractivity contribution is -0.128. The van der Waals surface area contributed by atoms with Crippen molar-refractivity contribution in [3.05, 3.63) is 0 Å². The summed E-state index contributed by atoms with van der Waals surface area (Å²) in [5, 5.41) is 3.25. The molecule has 0 saturated heterocycles. The third kappa shape index (κ3) is 2.31. The Balaban J connectivity index is 1.54. The summed E-state index contributed by atoms with van der Waals surface area (Å²) in [6.07, 6.45) is 10.1. The molecule has 0 aromatic carbocycles. The predicted octanol–water partition coefficient (Wildman–Crippen LogP) is 2.45. The molecule has 4 atom stereocenters. The van der Waals surface area contributed by atoms with E-state index in [-0.39, 0.29) is 17.9 Å². The minimum Gasteiger partial charge on any atom is -0.355 e. The lowest BCUT2D eigenvalue weighted by Gasteiger charge is -2.42. The van der Waals surface area contributed by atoms with Crippen LogP contribution in [0.4, 0.5) is 0 Å². The van der Waals surface area contributed by atoms with Crippen molar-refractivity contribution in [2.24, 2.45) is 28.9 Å². The Morgan fingerprint density at radius 1 is 1.32 bits per heavy atom. The molecule has 2 bridgehead atoms. The Labute approximate surface area is 116 Å². The topological polar surface area (TPSA) is 55.1 Å². The van der Waals surface area contributed by atoms with Crippen molar-refractivity contribution >= 4 is 5.91 Å². The van der Waals surface area contributed by atoms with Gasteiger partial charge in [0.25, 0.3) is 0 Å². The molecule has 0 aromatic rings. The lowest BCUT2D eigenvalue weighted by atomic mass is 9.66. The van der Waals surface area contributed by atoms with Crippen LogP contribution in [0.25, 0.3) is 0 Å². The predicted molar refractivity (Wildman–Crippen MR) is 76.5 cm³/mol. The summed E-state index contributed by atoms with van der Waals surface area (Å²) >= 11 is 0. The molecule has 3 fully saturated rings. The zero-order valence-electron chi connectivity index (χ0n) is 12.2. The zero-order chi connectivity index (χ0) is 13.5. The van der Waals surface area contributed by atoms with E-state index in [4.69, 9.17) is 5.73 Å². The van der Waals surface area contributed by atoms with Gasteiger partial charge in [0.2, 0.25) is 5.91 Å². The number of hydrogen-bond acceptors (Lipinski definition) is 2. The summed E-state index contributed by atoms with van der Waals surface area (Å²) in [7, 11) is 0. The van der Waals surface area contributed by atoms with E-state index >= 15 is 0 Å². The molecule has 3 rings (SSSR count). The highest BCUT2D eigenvalue weighted by molar-refractivity contribution is 5.80. The van der Waals surface area contributed by atoms with Gasteiger partial charge in [-0.25, -0.2) is 0 Å². The maximum Gasteiger partial charge on any atom is 0.224 e. The van der Waals surface area contributed by atoms with E-state index in [0.29, 0.717) is 17.3 Å². The van der Waals surface area contributed by atoms with Crippen molar-refractivity contribution in [3.8, 4) is 0 Å². The van der Waals surface area contributed by atoms with Gasteiger partial charge < -0.3 is 11.1 Å². The van der Waals surface area contributed by atoms with E-state index < -0.39 is 0 Å². The molecule has 19 heavy (non-hydrogen) atoms. The number of fused-ring (bicyclic) bond motifs is 2. The molecule has 0 radical (unpaired) electrons. The summed E-state index contributed by atoms with van der Waals surface area (Å²) in [6, 6.07) is 0.127. The fraction of sp³-hybridized carbons (Fsp3) is 0.938. The Hall–Kier alpha value is -0.570. The van der Waals surface area contributed by atoms with Crippen LogP contribution in [0.5, 0.6) is 0 Å². The molecular formula is C16H28N2O. The molecule has 3 saturated carbocycles. The maximum absolute atomic E-state index is 12.4.